The summed E-state index contributed by atoms with van der Waals surface area (Å²) >= 11 is 3.78. The molecule has 4 nitrogen and oxygen atoms in total. The summed E-state index contributed by atoms with van der Waals surface area (Å²) in [6, 6.07) is 0. The maximum Gasteiger partial charge on any atom is 0.350 e. The van der Waals surface area contributed by atoms with Crippen molar-refractivity contribution in [2.45, 2.75) is 0 Å². The molecule has 0 radical (unpaired) electrons. The molecule has 0 rings (SSSR count). The van der Waals surface area contributed by atoms with E-state index in [0.717, 1.165) is 0 Å². The number of carboxylic acid groups (broad SMARTS) is 1. The zero-order chi connectivity index (χ0) is 7.98. The van der Waals surface area contributed by atoms with Crippen molar-refractivity contribution in [3.8, 4) is 0 Å². The lowest BCUT2D eigenvalue weighted by Crippen LogP contribution is -2.16. The fourth-order valence-electron chi connectivity index (χ4n) is 0.385. The van der Waals surface area contributed by atoms with Crippen LogP contribution in [0.5, 0.6) is 0 Å². The molecule has 0 aromatic carbocycles. The molecule has 10 heavy (non-hydrogen) atoms. The molecular formula is C5H10N2O2S. The quantitative estimate of drug-likeness (QED) is 0.381. The van der Waals surface area contributed by atoms with E-state index in [-0.39, 0.29) is 11.5 Å². The number of rotatable bonds is 4. The first-order valence-electron chi connectivity index (χ1n) is 2.80. The Bertz CT molecular complexity index is 147. The number of carboxylic acids is 1. The van der Waals surface area contributed by atoms with Crippen LogP contribution in [0.15, 0.2) is 4.99 Å². The smallest absolute Gasteiger partial charge is 0.350 e. The van der Waals surface area contributed by atoms with Crippen LogP contribution in [0.3, 0.4) is 0 Å². The van der Waals surface area contributed by atoms with Gasteiger partial charge in [-0.05, 0) is 0 Å². The van der Waals surface area contributed by atoms with E-state index >= 15 is 0 Å². The highest BCUT2D eigenvalue weighted by Gasteiger charge is 2.04. The molecule has 0 spiro atoms. The van der Waals surface area contributed by atoms with Crippen molar-refractivity contribution >= 4 is 24.3 Å². The van der Waals surface area contributed by atoms with Crippen molar-refractivity contribution in [1.82, 2.24) is 0 Å². The first kappa shape index (κ1) is 9.45. The molecule has 58 valence electrons. The Labute approximate surface area is 64.5 Å². The van der Waals surface area contributed by atoms with Gasteiger partial charge in [-0.2, -0.15) is 12.6 Å². The number of thiol groups is 1. The van der Waals surface area contributed by atoms with Crippen molar-refractivity contribution < 1.29 is 9.90 Å². The molecule has 0 bridgehead atoms. The van der Waals surface area contributed by atoms with E-state index in [2.05, 4.69) is 17.6 Å². The van der Waals surface area contributed by atoms with Crippen LogP contribution in [-0.4, -0.2) is 35.6 Å². The Morgan fingerprint density at radius 2 is 2.30 bits per heavy atom. The molecule has 0 fully saturated rings. The summed E-state index contributed by atoms with van der Waals surface area (Å²) in [5, 5.41) is 8.38. The molecule has 0 heterocycles. The summed E-state index contributed by atoms with van der Waals surface area (Å²) in [6.45, 7) is 0.715. The minimum atomic E-state index is -1.02. The van der Waals surface area contributed by atoms with Crippen LogP contribution in [0, 0.1) is 0 Å². The van der Waals surface area contributed by atoms with Crippen LogP contribution in [0.25, 0.3) is 0 Å². The van der Waals surface area contributed by atoms with Crippen molar-refractivity contribution in [2.75, 3.05) is 18.8 Å². The van der Waals surface area contributed by atoms with Crippen LogP contribution < -0.4 is 5.73 Å². The molecule has 5 heteroatoms. The van der Waals surface area contributed by atoms with E-state index in [1.165, 1.54) is 0 Å². The fourth-order valence-corrected chi connectivity index (χ4v) is 0.620. The van der Waals surface area contributed by atoms with Crippen molar-refractivity contribution in [1.29, 1.82) is 0 Å². The first-order chi connectivity index (χ1) is 4.72. The molecule has 0 saturated carbocycles. The molecule has 0 saturated heterocycles. The maximum atomic E-state index is 10.2. The van der Waals surface area contributed by atoms with E-state index in [0.29, 0.717) is 13.1 Å². The predicted octanol–water partition coefficient (Wildman–Crippen LogP) is -0.600. The van der Waals surface area contributed by atoms with E-state index in [9.17, 15) is 4.79 Å². The summed E-state index contributed by atoms with van der Waals surface area (Å²) in [6.07, 6.45) is 0. The standard InChI is InChI=1S/C5H10N2O2S/c6-1-2-7-4(3-10)5(8)9/h10H,1-3,6H2,(H,8,9). The number of aliphatic carboxylic acids is 1. The van der Waals surface area contributed by atoms with E-state index in [1.54, 1.807) is 0 Å². The van der Waals surface area contributed by atoms with Crippen LogP contribution in [0.2, 0.25) is 0 Å². The lowest BCUT2D eigenvalue weighted by atomic mass is 10.4. The third-order valence-corrected chi connectivity index (χ3v) is 1.13. The topological polar surface area (TPSA) is 75.7 Å². The third kappa shape index (κ3) is 3.47. The number of carbonyl (C=O) groups is 1. The lowest BCUT2D eigenvalue weighted by molar-refractivity contribution is -0.129. The molecule has 0 amide bonds. The van der Waals surface area contributed by atoms with E-state index in [1.807, 2.05) is 0 Å². The minimum Gasteiger partial charge on any atom is -0.477 e. The van der Waals surface area contributed by atoms with E-state index in [4.69, 9.17) is 10.8 Å². The van der Waals surface area contributed by atoms with Crippen LogP contribution in [-0.2, 0) is 4.79 Å². The summed E-state index contributed by atoms with van der Waals surface area (Å²) in [4.78, 5) is 13.9. The van der Waals surface area contributed by atoms with Gasteiger partial charge < -0.3 is 10.8 Å². The van der Waals surface area contributed by atoms with Crippen molar-refractivity contribution in [3.05, 3.63) is 0 Å². The van der Waals surface area contributed by atoms with Gasteiger partial charge in [-0.15, -0.1) is 0 Å². The number of aliphatic imine (C=N–C) groups is 1. The molecule has 0 aliphatic rings. The van der Waals surface area contributed by atoms with Crippen LogP contribution in [0.4, 0.5) is 0 Å². The number of hydrogen-bond acceptors (Lipinski definition) is 4. The Hall–Kier alpha value is -0.550. The fraction of sp³-hybridized carbons (Fsp3) is 0.600. The zero-order valence-corrected chi connectivity index (χ0v) is 6.34. The highest BCUT2D eigenvalue weighted by Crippen LogP contribution is 1.83. The van der Waals surface area contributed by atoms with Gasteiger partial charge >= 0.3 is 5.97 Å². The van der Waals surface area contributed by atoms with Crippen LogP contribution >= 0.6 is 12.6 Å². The van der Waals surface area contributed by atoms with E-state index < -0.39 is 5.97 Å². The molecule has 0 atom stereocenters. The summed E-state index contributed by atoms with van der Waals surface area (Å²) in [7, 11) is 0. The molecule has 0 aromatic rings. The normalized spacial score (nSPS) is 11.6. The average Bonchev–Trinajstić information content (AvgIpc) is 1.89. The molecule has 0 aliphatic carbocycles. The molecular weight excluding hydrogens is 152 g/mol. The highest BCUT2D eigenvalue weighted by molar-refractivity contribution is 7.81. The summed E-state index contributed by atoms with van der Waals surface area (Å²) in [5.74, 6) is -0.876. The zero-order valence-electron chi connectivity index (χ0n) is 5.45. The monoisotopic (exact) mass is 162 g/mol. The molecule has 3 N–H and O–H groups in total. The van der Waals surface area contributed by atoms with Gasteiger partial charge in [0, 0.05) is 12.3 Å². The summed E-state index contributed by atoms with van der Waals surface area (Å²) < 4.78 is 0. The van der Waals surface area contributed by atoms with Gasteiger partial charge in [0.25, 0.3) is 0 Å². The molecule has 0 aromatic heterocycles. The second-order valence-electron chi connectivity index (χ2n) is 1.58. The number of nitrogens with two attached hydrogens (primary N) is 1. The van der Waals surface area contributed by atoms with Gasteiger partial charge in [0.2, 0.25) is 0 Å². The lowest BCUT2D eigenvalue weighted by Gasteiger charge is -1.94. The molecule has 0 aliphatic heterocycles. The minimum absolute atomic E-state index is 0.0637. The maximum absolute atomic E-state index is 10.2. The van der Waals surface area contributed by atoms with Gasteiger partial charge in [0.1, 0.15) is 5.71 Å². The van der Waals surface area contributed by atoms with Gasteiger partial charge in [0.05, 0.1) is 6.54 Å². The highest BCUT2D eigenvalue weighted by atomic mass is 32.1. The Morgan fingerprint density at radius 3 is 2.60 bits per heavy atom. The number of hydrogen-bond donors (Lipinski definition) is 3. The van der Waals surface area contributed by atoms with Crippen molar-refractivity contribution in [2.24, 2.45) is 10.7 Å². The Balaban J connectivity index is 3.91. The Kier molecular flexibility index (Phi) is 4.96. The second-order valence-corrected chi connectivity index (χ2v) is 1.90. The van der Waals surface area contributed by atoms with Crippen LogP contribution in [0.1, 0.15) is 0 Å². The SMILES string of the molecule is NCCN=C(CS)C(=O)O. The second kappa shape index (κ2) is 5.25. The Morgan fingerprint density at radius 1 is 1.70 bits per heavy atom. The van der Waals surface area contributed by atoms with Crippen molar-refractivity contribution in [3.63, 3.8) is 0 Å². The van der Waals surface area contributed by atoms with Gasteiger partial charge in [-0.3, -0.25) is 4.99 Å². The van der Waals surface area contributed by atoms with Gasteiger partial charge in [0.15, 0.2) is 0 Å². The number of nitrogens with zero attached hydrogens (tertiary/aromatic N) is 1. The van der Waals surface area contributed by atoms with Gasteiger partial charge in [-0.25, -0.2) is 4.79 Å². The molecule has 0 unspecified atom stereocenters. The average molecular weight is 162 g/mol. The predicted molar refractivity (Wildman–Crippen MR) is 42.8 cm³/mol. The van der Waals surface area contributed by atoms with Gasteiger partial charge in [-0.1, -0.05) is 0 Å². The summed E-state index contributed by atoms with van der Waals surface area (Å²) in [5.41, 5.74) is 5.17. The third-order valence-electron chi connectivity index (χ3n) is 0.828. The first-order valence-corrected chi connectivity index (χ1v) is 3.43. The largest absolute Gasteiger partial charge is 0.477 e.